The molecule has 0 aromatic rings. The van der Waals surface area contributed by atoms with Gasteiger partial charge in [-0.15, -0.1) is 0 Å². The summed E-state index contributed by atoms with van der Waals surface area (Å²) in [4.78, 5) is 0. The summed E-state index contributed by atoms with van der Waals surface area (Å²) in [7, 11) is 0. The van der Waals surface area contributed by atoms with E-state index in [1.54, 1.807) is 0 Å². The molecule has 2 unspecified atom stereocenters. The van der Waals surface area contributed by atoms with Gasteiger partial charge in [-0.2, -0.15) is 19.8 Å². The minimum atomic E-state index is 0. The van der Waals surface area contributed by atoms with Crippen LogP contribution in [0.25, 0.3) is 0 Å². The van der Waals surface area contributed by atoms with Gasteiger partial charge >= 0.3 is 34.7 Å². The Kier molecular flexibility index (Phi) is 6790. The smallest absolute Gasteiger partial charge is 2.00 e. The van der Waals surface area contributed by atoms with Crippen LogP contribution >= 0.6 is 19.8 Å². The zero-order chi connectivity index (χ0) is 0. The standard InChI is InChI=1S/2Al.2B.3O.2H3P/h;;;;;;;2*1H3/q2*+3;;;3*-2;;. The van der Waals surface area contributed by atoms with Gasteiger partial charge in [0.25, 0.3) is 0 Å². The number of rotatable bonds is 0. The van der Waals surface area contributed by atoms with Gasteiger partial charge in [0.2, 0.25) is 0 Å². The Morgan fingerprint density at radius 2 is 0.444 bits per heavy atom. The van der Waals surface area contributed by atoms with E-state index in [1.807, 2.05) is 0 Å². The molecule has 0 N–H and O–H groups in total. The summed E-state index contributed by atoms with van der Waals surface area (Å²) in [6.07, 6.45) is 0. The molecule has 3 nitrogen and oxygen atoms in total. The molecule has 0 saturated carbocycles. The van der Waals surface area contributed by atoms with Gasteiger partial charge in [0, 0.05) is 16.8 Å². The van der Waals surface area contributed by atoms with Gasteiger partial charge < -0.3 is 16.4 Å². The second-order valence-electron chi connectivity index (χ2n) is 0. The molecule has 0 bridgehead atoms. The molecule has 0 saturated heterocycles. The third-order valence-corrected chi connectivity index (χ3v) is 0. The quantitative estimate of drug-likeness (QED) is 0.321. The maximum absolute atomic E-state index is 0. The molecule has 0 fully saturated rings. The van der Waals surface area contributed by atoms with Crippen LogP contribution < -0.4 is 0 Å². The summed E-state index contributed by atoms with van der Waals surface area (Å²) in [5.41, 5.74) is 0. The number of hydrogen-bond acceptors (Lipinski definition) is 0. The average Bonchev–Trinajstić information content (AvgIpc) is 0. The minimum absolute atomic E-state index is 0. The Balaban J connectivity index is 0. The van der Waals surface area contributed by atoms with Gasteiger partial charge in [0.1, 0.15) is 0 Å². The fourth-order valence-electron chi connectivity index (χ4n) is 0. The van der Waals surface area contributed by atoms with E-state index in [-0.39, 0.29) is 87.8 Å². The number of hydrogen-bond donors (Lipinski definition) is 0. The van der Waals surface area contributed by atoms with Crippen LogP contribution in [0, 0.1) is 0 Å². The van der Waals surface area contributed by atoms with Crippen molar-refractivity contribution in [3.05, 3.63) is 0 Å². The first kappa shape index (κ1) is 288. The fourth-order valence-corrected chi connectivity index (χ4v) is 0. The van der Waals surface area contributed by atoms with Crippen molar-refractivity contribution in [1.82, 2.24) is 0 Å². The monoisotopic (exact) mass is 192 g/mol. The fraction of sp³-hybridized carbons (Fsp3) is 0. The molecule has 0 aliphatic carbocycles. The second kappa shape index (κ2) is 212. The molecule has 0 aromatic carbocycles. The first-order chi connectivity index (χ1) is 0. The van der Waals surface area contributed by atoms with E-state index in [9.17, 15) is 0 Å². The molecule has 0 aliphatic heterocycles. The van der Waals surface area contributed by atoms with E-state index in [1.165, 1.54) is 0 Å². The maximum atomic E-state index is 0. The van der Waals surface area contributed by atoms with Crippen molar-refractivity contribution in [3.8, 4) is 0 Å². The summed E-state index contributed by atoms with van der Waals surface area (Å²) in [5.74, 6) is 0. The summed E-state index contributed by atoms with van der Waals surface area (Å²) in [6, 6.07) is 0. The van der Waals surface area contributed by atoms with E-state index in [4.69, 9.17) is 0 Å². The molecule has 0 rings (SSSR count). The molecule has 0 aromatic heterocycles. The van der Waals surface area contributed by atoms with E-state index in [0.29, 0.717) is 0 Å². The van der Waals surface area contributed by atoms with Gasteiger partial charge in [-0.3, -0.25) is 0 Å². The van der Waals surface area contributed by atoms with Crippen LogP contribution in [0.15, 0.2) is 0 Å². The summed E-state index contributed by atoms with van der Waals surface area (Å²) < 4.78 is 0. The Morgan fingerprint density at radius 3 is 0.444 bits per heavy atom. The normalized spacial score (nSPS) is 0. The SMILES string of the molecule is P.P.[Al+3].[Al+3].[B].[B].[O-2].[O-2].[O-2]. The Hall–Kier alpha value is 1.93. The van der Waals surface area contributed by atoms with Crippen LogP contribution in [0.2, 0.25) is 0 Å². The topological polar surface area (TPSA) is 85.5 Å². The van der Waals surface area contributed by atoms with Gasteiger partial charge in [0.15, 0.2) is 0 Å². The maximum Gasteiger partial charge on any atom is 3.00 e. The molecule has 0 spiro atoms. The predicted molar refractivity (Wildman–Crippen MR) is 47.3 cm³/mol. The summed E-state index contributed by atoms with van der Waals surface area (Å²) in [6.45, 7) is 0. The molecule has 2 atom stereocenters. The van der Waals surface area contributed by atoms with Crippen LogP contribution in [0.1, 0.15) is 0 Å². The van der Waals surface area contributed by atoms with E-state index in [2.05, 4.69) is 0 Å². The summed E-state index contributed by atoms with van der Waals surface area (Å²) in [5, 5.41) is 0. The second-order valence-corrected chi connectivity index (χ2v) is 0. The van der Waals surface area contributed by atoms with E-state index < -0.39 is 0 Å². The first-order valence-corrected chi connectivity index (χ1v) is 0. The molecule has 0 amide bonds. The molecule has 46 valence electrons. The molecule has 0 heterocycles. The molecule has 6 radical (unpaired) electrons. The van der Waals surface area contributed by atoms with Gasteiger partial charge in [0.05, 0.1) is 0 Å². The van der Waals surface area contributed by atoms with E-state index >= 15 is 0 Å². The van der Waals surface area contributed by atoms with Crippen LogP contribution in [-0.2, 0) is 16.4 Å². The zero-order valence-electron chi connectivity index (χ0n) is 4.95. The Morgan fingerprint density at radius 1 is 0.444 bits per heavy atom. The largest absolute Gasteiger partial charge is 3.00 e. The van der Waals surface area contributed by atoms with Gasteiger partial charge in [-0.1, -0.05) is 0 Å². The van der Waals surface area contributed by atoms with Crippen LogP contribution in [-0.4, -0.2) is 51.5 Å². The zero-order valence-corrected chi connectivity index (χ0v) is 10.1. The van der Waals surface area contributed by atoms with Crippen LogP contribution in [0.5, 0.6) is 0 Å². The molecular weight excluding hydrogens is 186 g/mol. The first-order valence-electron chi connectivity index (χ1n) is 0. The molecule has 0 aliphatic rings. The van der Waals surface area contributed by atoms with Crippen molar-refractivity contribution < 1.29 is 16.4 Å². The van der Waals surface area contributed by atoms with Crippen LogP contribution in [0.4, 0.5) is 0 Å². The van der Waals surface area contributed by atoms with Crippen molar-refractivity contribution in [3.63, 3.8) is 0 Å². The Bertz CT molecular complexity index is 17.8. The van der Waals surface area contributed by atoms with Crippen LogP contribution in [0.3, 0.4) is 0 Å². The third-order valence-electron chi connectivity index (χ3n) is 0. The van der Waals surface area contributed by atoms with Gasteiger partial charge in [-0.05, 0) is 0 Å². The van der Waals surface area contributed by atoms with E-state index in [0.717, 1.165) is 0 Å². The average molecular weight is 192 g/mol. The van der Waals surface area contributed by atoms with Gasteiger partial charge in [-0.25, -0.2) is 0 Å². The third kappa shape index (κ3) is 167. The van der Waals surface area contributed by atoms with Crippen molar-refractivity contribution in [2.24, 2.45) is 0 Å². The predicted octanol–water partition coefficient (Wildman–Crippen LogP) is -1.76. The van der Waals surface area contributed by atoms with Crippen molar-refractivity contribution in [2.45, 2.75) is 0 Å². The molecule has 9 heteroatoms. The Labute approximate surface area is 87.7 Å². The van der Waals surface area contributed by atoms with Crippen molar-refractivity contribution in [1.29, 1.82) is 0 Å². The van der Waals surface area contributed by atoms with Crippen molar-refractivity contribution >= 4 is 71.3 Å². The summed E-state index contributed by atoms with van der Waals surface area (Å²) >= 11 is 0. The molecule has 9 heavy (non-hydrogen) atoms. The minimum Gasteiger partial charge on any atom is -2.00 e. The van der Waals surface area contributed by atoms with Crippen molar-refractivity contribution in [2.75, 3.05) is 0 Å². The molecular formula is H6Al2B2O3P2.